The van der Waals surface area contributed by atoms with Crippen LogP contribution in [0.2, 0.25) is 0 Å². The van der Waals surface area contributed by atoms with Gasteiger partial charge in [-0.2, -0.15) is 0 Å². The van der Waals surface area contributed by atoms with Crippen molar-refractivity contribution in [2.75, 3.05) is 37.5 Å². The number of hydrogen-bond donors (Lipinski definition) is 2. The van der Waals surface area contributed by atoms with Gasteiger partial charge in [0.05, 0.1) is 32.2 Å². The summed E-state index contributed by atoms with van der Waals surface area (Å²) in [5.74, 6) is 1.81. The highest BCUT2D eigenvalue weighted by atomic mass is 16.5. The van der Waals surface area contributed by atoms with Gasteiger partial charge in [0, 0.05) is 19.2 Å². The highest BCUT2D eigenvalue weighted by Crippen LogP contribution is 2.31. The number of methoxy groups -OCH3 is 2. The lowest BCUT2D eigenvalue weighted by Crippen LogP contribution is -2.41. The summed E-state index contributed by atoms with van der Waals surface area (Å²) in [6.07, 6.45) is 4.81. The first-order valence-corrected chi connectivity index (χ1v) is 9.11. The fraction of sp³-hybridized carbons (Fsp3) is 0.368. The molecule has 2 aromatic heterocycles. The van der Waals surface area contributed by atoms with Crippen LogP contribution in [0.1, 0.15) is 12.8 Å². The zero-order valence-corrected chi connectivity index (χ0v) is 15.8. The van der Waals surface area contributed by atoms with Crippen LogP contribution in [0.3, 0.4) is 0 Å². The van der Waals surface area contributed by atoms with E-state index in [1.54, 1.807) is 38.7 Å². The van der Waals surface area contributed by atoms with E-state index in [0.29, 0.717) is 29.4 Å². The minimum Gasteiger partial charge on any atom is -0.497 e. The zero-order chi connectivity index (χ0) is 19.5. The molecule has 1 aromatic carbocycles. The number of piperidine rings is 1. The number of imidazole rings is 1. The van der Waals surface area contributed by atoms with Crippen molar-refractivity contribution >= 4 is 28.6 Å². The largest absolute Gasteiger partial charge is 0.497 e. The normalized spacial score (nSPS) is 16.8. The summed E-state index contributed by atoms with van der Waals surface area (Å²) < 4.78 is 10.6. The van der Waals surface area contributed by atoms with Crippen molar-refractivity contribution in [3.05, 3.63) is 30.9 Å². The maximum atomic E-state index is 12.9. The first-order valence-electron chi connectivity index (χ1n) is 9.11. The van der Waals surface area contributed by atoms with Crippen molar-refractivity contribution in [1.29, 1.82) is 0 Å². The number of benzene rings is 1. The second-order valence-corrected chi connectivity index (χ2v) is 6.64. The standard InChI is InChI=1S/C19H22N6O3/c1-27-13-5-6-15(28-2)14(8-13)24-19(26)12-4-3-7-25(9-12)18-16-17(21-10-20-16)22-11-23-18/h5-6,8,10-12H,3-4,7,9H2,1-2H3,(H,24,26)(H,20,21,22,23). The third-order valence-electron chi connectivity index (χ3n) is 4.96. The van der Waals surface area contributed by atoms with Crippen molar-refractivity contribution in [2.24, 2.45) is 5.92 Å². The smallest absolute Gasteiger partial charge is 0.229 e. The second kappa shape index (κ2) is 7.71. The predicted octanol–water partition coefficient (Wildman–Crippen LogP) is 2.23. The van der Waals surface area contributed by atoms with E-state index in [1.165, 1.54) is 6.33 Å². The Bertz CT molecular complexity index is 989. The summed E-state index contributed by atoms with van der Waals surface area (Å²) in [4.78, 5) is 30.9. The van der Waals surface area contributed by atoms with Gasteiger partial charge >= 0.3 is 0 Å². The molecule has 0 spiro atoms. The van der Waals surface area contributed by atoms with E-state index < -0.39 is 0 Å². The van der Waals surface area contributed by atoms with Crippen LogP contribution in [0, 0.1) is 5.92 Å². The molecule has 0 saturated carbocycles. The summed E-state index contributed by atoms with van der Waals surface area (Å²) in [7, 11) is 3.16. The number of nitrogens with zero attached hydrogens (tertiary/aromatic N) is 4. The summed E-state index contributed by atoms with van der Waals surface area (Å²) in [5, 5.41) is 2.99. The Balaban J connectivity index is 1.52. The van der Waals surface area contributed by atoms with Crippen molar-refractivity contribution in [3.8, 4) is 11.5 Å². The van der Waals surface area contributed by atoms with E-state index in [2.05, 4.69) is 30.2 Å². The van der Waals surface area contributed by atoms with Crippen LogP contribution in [0.15, 0.2) is 30.9 Å². The topological polar surface area (TPSA) is 105 Å². The average molecular weight is 382 g/mol. The molecule has 1 aliphatic rings. The van der Waals surface area contributed by atoms with Crippen LogP contribution in [-0.2, 0) is 4.79 Å². The lowest BCUT2D eigenvalue weighted by atomic mass is 9.97. The van der Waals surface area contributed by atoms with E-state index in [4.69, 9.17) is 9.47 Å². The van der Waals surface area contributed by atoms with Crippen molar-refractivity contribution in [2.45, 2.75) is 12.8 Å². The molecule has 1 fully saturated rings. The minimum absolute atomic E-state index is 0.0498. The number of amides is 1. The molecule has 9 heteroatoms. The maximum Gasteiger partial charge on any atom is 0.229 e. The van der Waals surface area contributed by atoms with Gasteiger partial charge in [0.15, 0.2) is 11.5 Å². The molecule has 146 valence electrons. The molecule has 1 amide bonds. The molecule has 0 bridgehead atoms. The molecular weight excluding hydrogens is 360 g/mol. The molecule has 3 aromatic rings. The summed E-state index contributed by atoms with van der Waals surface area (Å²) in [5.41, 5.74) is 2.01. The summed E-state index contributed by atoms with van der Waals surface area (Å²) in [6.45, 7) is 1.40. The quantitative estimate of drug-likeness (QED) is 0.697. The molecule has 3 heterocycles. The Morgan fingerprint density at radius 2 is 2.14 bits per heavy atom. The van der Waals surface area contributed by atoms with Crippen LogP contribution < -0.4 is 19.7 Å². The first-order chi connectivity index (χ1) is 13.7. The maximum absolute atomic E-state index is 12.9. The molecule has 1 unspecified atom stereocenters. The molecule has 0 radical (unpaired) electrons. The highest BCUT2D eigenvalue weighted by molar-refractivity contribution is 5.95. The number of rotatable bonds is 5. The lowest BCUT2D eigenvalue weighted by Gasteiger charge is -2.33. The van der Waals surface area contributed by atoms with Crippen LogP contribution >= 0.6 is 0 Å². The van der Waals surface area contributed by atoms with Crippen LogP contribution in [-0.4, -0.2) is 53.2 Å². The predicted molar refractivity (Wildman–Crippen MR) is 105 cm³/mol. The minimum atomic E-state index is -0.169. The number of nitrogens with one attached hydrogen (secondary N) is 2. The van der Waals surface area contributed by atoms with E-state index in [0.717, 1.165) is 30.7 Å². The molecule has 0 aliphatic carbocycles. The Morgan fingerprint density at radius 3 is 2.96 bits per heavy atom. The second-order valence-electron chi connectivity index (χ2n) is 6.64. The number of carbonyl (C=O) groups is 1. The number of ether oxygens (including phenoxy) is 2. The summed E-state index contributed by atoms with van der Waals surface area (Å²) in [6, 6.07) is 5.33. The SMILES string of the molecule is COc1ccc(OC)c(NC(=O)C2CCCN(c3ncnc4nc[nH]c34)C2)c1. The Morgan fingerprint density at radius 1 is 1.25 bits per heavy atom. The molecule has 1 atom stereocenters. The van der Waals surface area contributed by atoms with Crippen LogP contribution in [0.4, 0.5) is 11.5 Å². The number of fused-ring (bicyclic) bond motifs is 1. The van der Waals surface area contributed by atoms with E-state index in [-0.39, 0.29) is 11.8 Å². The number of aromatic nitrogens is 4. The van der Waals surface area contributed by atoms with Gasteiger partial charge in [0.1, 0.15) is 23.3 Å². The monoisotopic (exact) mass is 382 g/mol. The molecule has 2 N–H and O–H groups in total. The van der Waals surface area contributed by atoms with Gasteiger partial charge in [-0.3, -0.25) is 4.79 Å². The van der Waals surface area contributed by atoms with E-state index >= 15 is 0 Å². The number of anilines is 2. The van der Waals surface area contributed by atoms with Crippen LogP contribution in [0.25, 0.3) is 11.2 Å². The van der Waals surface area contributed by atoms with Gasteiger partial charge in [0.25, 0.3) is 0 Å². The van der Waals surface area contributed by atoms with Crippen LogP contribution in [0.5, 0.6) is 11.5 Å². The van der Waals surface area contributed by atoms with Gasteiger partial charge in [0.2, 0.25) is 5.91 Å². The lowest BCUT2D eigenvalue weighted by molar-refractivity contribution is -0.120. The Labute approximate surface area is 162 Å². The average Bonchev–Trinajstić information content (AvgIpc) is 3.22. The van der Waals surface area contributed by atoms with Gasteiger partial charge in [-0.25, -0.2) is 15.0 Å². The molecule has 1 saturated heterocycles. The summed E-state index contributed by atoms with van der Waals surface area (Å²) >= 11 is 0. The Hall–Kier alpha value is -3.36. The third kappa shape index (κ3) is 3.42. The molecule has 1 aliphatic heterocycles. The number of carbonyl (C=O) groups excluding carboxylic acids is 1. The molecular formula is C19H22N6O3. The molecule has 9 nitrogen and oxygen atoms in total. The van der Waals surface area contributed by atoms with Gasteiger partial charge < -0.3 is 24.7 Å². The van der Waals surface area contributed by atoms with Gasteiger partial charge in [-0.05, 0) is 25.0 Å². The van der Waals surface area contributed by atoms with Gasteiger partial charge in [-0.1, -0.05) is 0 Å². The Kier molecular flexibility index (Phi) is 4.96. The number of hydrogen-bond acceptors (Lipinski definition) is 7. The van der Waals surface area contributed by atoms with Gasteiger partial charge in [-0.15, -0.1) is 0 Å². The molecule has 4 rings (SSSR count). The highest BCUT2D eigenvalue weighted by Gasteiger charge is 2.28. The van der Waals surface area contributed by atoms with E-state index in [9.17, 15) is 4.79 Å². The number of aromatic amines is 1. The van der Waals surface area contributed by atoms with Crippen molar-refractivity contribution < 1.29 is 14.3 Å². The van der Waals surface area contributed by atoms with Crippen molar-refractivity contribution in [3.63, 3.8) is 0 Å². The fourth-order valence-corrected chi connectivity index (χ4v) is 3.52. The molecule has 28 heavy (non-hydrogen) atoms. The van der Waals surface area contributed by atoms with E-state index in [1.807, 2.05) is 0 Å². The number of H-pyrrole nitrogens is 1. The fourth-order valence-electron chi connectivity index (χ4n) is 3.52. The van der Waals surface area contributed by atoms with Crippen molar-refractivity contribution in [1.82, 2.24) is 19.9 Å². The first kappa shape index (κ1) is 18.0. The zero-order valence-electron chi connectivity index (χ0n) is 15.8. The third-order valence-corrected chi connectivity index (χ3v) is 4.96.